The van der Waals surface area contributed by atoms with Gasteiger partial charge in [0, 0.05) is 0 Å². The molecule has 1 saturated carbocycles. The molecule has 2 fully saturated rings. The van der Waals surface area contributed by atoms with Gasteiger partial charge in [0.2, 0.25) is 0 Å². The summed E-state index contributed by atoms with van der Waals surface area (Å²) < 4.78 is 12.0. The Bertz CT molecular complexity index is 339. The Morgan fingerprint density at radius 3 is 1.82 bits per heavy atom. The average Bonchev–Trinajstić information content (AvgIpc) is 2.66. The zero-order valence-electron chi connectivity index (χ0n) is 12.3. The normalized spacial score (nSPS) is 33.9. The van der Waals surface area contributed by atoms with Crippen LogP contribution in [0.1, 0.15) is 54.9 Å². The Balaban J connectivity index is 2.05. The van der Waals surface area contributed by atoms with E-state index >= 15 is 0 Å². The lowest BCUT2D eigenvalue weighted by Crippen LogP contribution is -2.41. The first-order chi connectivity index (χ1) is 7.55. The molecule has 3 heteroatoms. The lowest BCUT2D eigenvalue weighted by molar-refractivity contribution is 0.00578. The van der Waals surface area contributed by atoms with Gasteiger partial charge in [-0.05, 0) is 52.4 Å². The summed E-state index contributed by atoms with van der Waals surface area (Å²) in [5.74, 6) is 2.87. The molecule has 1 heterocycles. The standard InChI is InChI=1S/C14H25BO2/c1-10(11-8-12(11,2)3)9-15-16-13(4,5)14(6,7)17-15/h9,11H,8H2,1-7H3/b10-9-. The van der Waals surface area contributed by atoms with Gasteiger partial charge in [0.05, 0.1) is 11.2 Å². The monoisotopic (exact) mass is 236 g/mol. The van der Waals surface area contributed by atoms with E-state index in [0.717, 1.165) is 0 Å². The highest BCUT2D eigenvalue weighted by atomic mass is 16.7. The summed E-state index contributed by atoms with van der Waals surface area (Å²) in [4.78, 5) is 0. The Labute approximate surface area is 106 Å². The van der Waals surface area contributed by atoms with E-state index in [9.17, 15) is 0 Å². The van der Waals surface area contributed by atoms with Crippen LogP contribution in [0, 0.1) is 11.3 Å². The molecule has 1 aliphatic carbocycles. The van der Waals surface area contributed by atoms with Crippen molar-refractivity contribution in [3.05, 3.63) is 11.5 Å². The molecule has 0 radical (unpaired) electrons. The number of hydrogen-bond donors (Lipinski definition) is 0. The van der Waals surface area contributed by atoms with Crippen LogP contribution < -0.4 is 0 Å². The van der Waals surface area contributed by atoms with Crippen LogP contribution in [0.4, 0.5) is 0 Å². The molecule has 0 N–H and O–H groups in total. The van der Waals surface area contributed by atoms with Crippen LogP contribution in [0.15, 0.2) is 11.5 Å². The first-order valence-corrected chi connectivity index (χ1v) is 6.59. The Kier molecular flexibility index (Phi) is 2.80. The summed E-state index contributed by atoms with van der Waals surface area (Å²) >= 11 is 0. The first kappa shape index (κ1) is 13.2. The zero-order valence-corrected chi connectivity index (χ0v) is 12.3. The Morgan fingerprint density at radius 1 is 1.06 bits per heavy atom. The number of hydrogen-bond acceptors (Lipinski definition) is 2. The third-order valence-electron chi connectivity index (χ3n) is 4.73. The van der Waals surface area contributed by atoms with E-state index < -0.39 is 0 Å². The van der Waals surface area contributed by atoms with E-state index in [1.54, 1.807) is 0 Å². The molecular formula is C14H25BO2. The van der Waals surface area contributed by atoms with Crippen LogP contribution in [0.2, 0.25) is 0 Å². The van der Waals surface area contributed by atoms with E-state index in [0.29, 0.717) is 11.3 Å². The molecule has 0 bridgehead atoms. The second-order valence-corrected chi connectivity index (χ2v) is 7.28. The maximum atomic E-state index is 5.98. The van der Waals surface area contributed by atoms with Crippen molar-refractivity contribution in [1.29, 1.82) is 0 Å². The molecular weight excluding hydrogens is 211 g/mol. The average molecular weight is 236 g/mol. The number of allylic oxidation sites excluding steroid dienone is 1. The smallest absolute Gasteiger partial charge is 0.400 e. The summed E-state index contributed by atoms with van der Waals surface area (Å²) in [6.07, 6.45) is 1.29. The molecule has 2 nitrogen and oxygen atoms in total. The Morgan fingerprint density at radius 2 is 1.47 bits per heavy atom. The summed E-state index contributed by atoms with van der Waals surface area (Å²) in [5.41, 5.74) is 1.43. The van der Waals surface area contributed by atoms with Crippen LogP contribution in [0.25, 0.3) is 0 Å². The van der Waals surface area contributed by atoms with Crippen molar-refractivity contribution in [3.63, 3.8) is 0 Å². The zero-order chi connectivity index (χ0) is 13.1. The van der Waals surface area contributed by atoms with Crippen LogP contribution in [-0.2, 0) is 9.31 Å². The van der Waals surface area contributed by atoms with Crippen molar-refractivity contribution in [2.45, 2.75) is 66.1 Å². The summed E-state index contributed by atoms with van der Waals surface area (Å²) in [5, 5.41) is 0. The van der Waals surface area contributed by atoms with Crippen LogP contribution in [0.5, 0.6) is 0 Å². The van der Waals surface area contributed by atoms with Crippen molar-refractivity contribution < 1.29 is 9.31 Å². The minimum atomic E-state index is -0.229. The summed E-state index contributed by atoms with van der Waals surface area (Å²) in [6.45, 7) is 15.2. The lowest BCUT2D eigenvalue weighted by Gasteiger charge is -2.32. The molecule has 1 atom stereocenters. The third kappa shape index (κ3) is 2.32. The first-order valence-electron chi connectivity index (χ1n) is 6.59. The van der Waals surface area contributed by atoms with Gasteiger partial charge in [-0.2, -0.15) is 0 Å². The number of rotatable bonds is 2. The lowest BCUT2D eigenvalue weighted by atomic mass is 9.85. The van der Waals surface area contributed by atoms with Crippen molar-refractivity contribution in [3.8, 4) is 0 Å². The second-order valence-electron chi connectivity index (χ2n) is 7.28. The van der Waals surface area contributed by atoms with Gasteiger partial charge in [0.25, 0.3) is 0 Å². The molecule has 1 aliphatic heterocycles. The fraction of sp³-hybridized carbons (Fsp3) is 0.857. The second kappa shape index (κ2) is 3.61. The van der Waals surface area contributed by atoms with E-state index in [-0.39, 0.29) is 18.3 Å². The molecule has 0 aromatic rings. The van der Waals surface area contributed by atoms with Crippen LogP contribution in [-0.4, -0.2) is 18.3 Å². The van der Waals surface area contributed by atoms with Gasteiger partial charge in [0.15, 0.2) is 0 Å². The largest absolute Gasteiger partial charge is 0.487 e. The van der Waals surface area contributed by atoms with Crippen molar-refractivity contribution >= 4 is 7.12 Å². The molecule has 0 spiro atoms. The van der Waals surface area contributed by atoms with Gasteiger partial charge in [-0.15, -0.1) is 0 Å². The van der Waals surface area contributed by atoms with Gasteiger partial charge in [-0.25, -0.2) is 0 Å². The maximum absolute atomic E-state index is 5.98. The molecule has 17 heavy (non-hydrogen) atoms. The van der Waals surface area contributed by atoms with Gasteiger partial charge < -0.3 is 9.31 Å². The van der Waals surface area contributed by atoms with Gasteiger partial charge in [-0.3, -0.25) is 0 Å². The highest BCUT2D eigenvalue weighted by Gasteiger charge is 2.51. The highest BCUT2D eigenvalue weighted by Crippen LogP contribution is 2.55. The maximum Gasteiger partial charge on any atom is 0.487 e. The minimum Gasteiger partial charge on any atom is -0.400 e. The summed E-state index contributed by atoms with van der Waals surface area (Å²) in [6, 6.07) is 0. The fourth-order valence-corrected chi connectivity index (χ4v) is 2.53. The summed E-state index contributed by atoms with van der Waals surface area (Å²) in [7, 11) is -0.184. The van der Waals surface area contributed by atoms with Gasteiger partial charge >= 0.3 is 7.12 Å². The third-order valence-corrected chi connectivity index (χ3v) is 4.73. The SMILES string of the molecule is C/C(=C/B1OC(C)(C)C(C)(C)O1)C1CC1(C)C. The molecule has 2 aliphatic rings. The topological polar surface area (TPSA) is 18.5 Å². The molecule has 1 unspecified atom stereocenters. The fourth-order valence-electron chi connectivity index (χ4n) is 2.53. The molecule has 1 saturated heterocycles. The Hall–Kier alpha value is -0.275. The molecule has 2 rings (SSSR count). The predicted octanol–water partition coefficient (Wildman–Crippen LogP) is 3.61. The van der Waals surface area contributed by atoms with E-state index in [2.05, 4.69) is 54.4 Å². The highest BCUT2D eigenvalue weighted by molar-refractivity contribution is 6.51. The van der Waals surface area contributed by atoms with Crippen LogP contribution in [0.3, 0.4) is 0 Å². The van der Waals surface area contributed by atoms with Gasteiger partial charge in [-0.1, -0.05) is 25.4 Å². The van der Waals surface area contributed by atoms with Crippen molar-refractivity contribution in [1.82, 2.24) is 0 Å². The van der Waals surface area contributed by atoms with Crippen molar-refractivity contribution in [2.75, 3.05) is 0 Å². The molecule has 0 aromatic carbocycles. The molecule has 0 aromatic heterocycles. The van der Waals surface area contributed by atoms with Crippen molar-refractivity contribution in [2.24, 2.45) is 11.3 Å². The minimum absolute atomic E-state index is 0.184. The van der Waals surface area contributed by atoms with Crippen LogP contribution >= 0.6 is 0 Å². The van der Waals surface area contributed by atoms with E-state index in [1.165, 1.54) is 12.0 Å². The van der Waals surface area contributed by atoms with Gasteiger partial charge in [0.1, 0.15) is 0 Å². The van der Waals surface area contributed by atoms with E-state index in [4.69, 9.17) is 9.31 Å². The molecule has 96 valence electrons. The predicted molar refractivity (Wildman–Crippen MR) is 71.7 cm³/mol. The molecule has 0 amide bonds. The van der Waals surface area contributed by atoms with E-state index in [1.807, 2.05) is 0 Å². The quantitative estimate of drug-likeness (QED) is 0.682.